The van der Waals surface area contributed by atoms with Crippen LogP contribution in [0.1, 0.15) is 61.3 Å². The van der Waals surface area contributed by atoms with Crippen LogP contribution in [0.3, 0.4) is 0 Å². The van der Waals surface area contributed by atoms with E-state index in [1.54, 1.807) is 0 Å². The molecule has 3 aromatic heterocycles. The predicted octanol–water partition coefficient (Wildman–Crippen LogP) is 5.10. The zero-order valence-electron chi connectivity index (χ0n) is 20.5. The third-order valence-electron chi connectivity index (χ3n) is 6.13. The van der Waals surface area contributed by atoms with E-state index in [1.807, 2.05) is 48.6 Å². The average Bonchev–Trinajstić information content (AvgIpc) is 3.66. The highest BCUT2D eigenvalue weighted by Gasteiger charge is 2.01. The van der Waals surface area contributed by atoms with Gasteiger partial charge in [-0.15, -0.1) is 0 Å². The zero-order chi connectivity index (χ0) is 24.4. The highest BCUT2D eigenvalue weighted by molar-refractivity contribution is 5.77. The molecule has 6 heterocycles. The van der Waals surface area contributed by atoms with Crippen LogP contribution in [0.5, 0.6) is 0 Å². The molecule has 0 aromatic carbocycles. The van der Waals surface area contributed by atoms with E-state index in [9.17, 15) is 0 Å². The summed E-state index contributed by atoms with van der Waals surface area (Å²) >= 11 is 0. The first kappa shape index (κ1) is 24.1. The maximum atomic E-state index is 4.63. The Labute approximate surface area is 211 Å². The number of rotatable bonds is 0. The van der Waals surface area contributed by atoms with Crippen LogP contribution >= 0.6 is 0 Å². The second-order valence-corrected chi connectivity index (χ2v) is 9.13. The van der Waals surface area contributed by atoms with Crippen LogP contribution < -0.4 is 21.9 Å². The molecular weight excluding hydrogens is 448 g/mol. The third kappa shape index (κ3) is 7.22. The highest BCUT2D eigenvalue weighted by Crippen LogP contribution is 2.17. The van der Waals surface area contributed by atoms with Crippen molar-refractivity contribution in [2.75, 3.05) is 13.1 Å². The predicted molar refractivity (Wildman–Crippen MR) is 149 cm³/mol. The molecule has 6 rings (SSSR count). The van der Waals surface area contributed by atoms with Crippen molar-refractivity contribution in [1.82, 2.24) is 41.9 Å². The van der Waals surface area contributed by atoms with E-state index >= 15 is 0 Å². The molecule has 3 aromatic rings. The SMILES string of the molecule is C1=Cc2cc3ccc(cc4nc(cc5ccc(cc1n2)[nH]5)C=C4)[nH]3.C1CCCCNNNNCCC1. The Balaban J connectivity index is 0.000000189. The number of hydrogen-bond donors (Lipinski definition) is 6. The van der Waals surface area contributed by atoms with Crippen LogP contribution in [0.4, 0.5) is 0 Å². The maximum Gasteiger partial charge on any atom is 0.0658 e. The molecule has 0 atom stereocenters. The molecular formula is C28H34N8. The number of aromatic amines is 2. The number of hydrazine groups is 3. The number of H-pyrrole nitrogens is 2. The van der Waals surface area contributed by atoms with Crippen molar-refractivity contribution in [3.63, 3.8) is 0 Å². The van der Waals surface area contributed by atoms with Gasteiger partial charge in [0.25, 0.3) is 0 Å². The van der Waals surface area contributed by atoms with Crippen LogP contribution in [-0.2, 0) is 0 Å². The smallest absolute Gasteiger partial charge is 0.0658 e. The van der Waals surface area contributed by atoms with Crippen LogP contribution in [0.25, 0.3) is 46.4 Å². The normalized spacial score (nSPS) is 16.4. The van der Waals surface area contributed by atoms with Gasteiger partial charge in [-0.3, -0.25) is 0 Å². The van der Waals surface area contributed by atoms with E-state index in [0.717, 1.165) is 57.9 Å². The molecule has 36 heavy (non-hydrogen) atoms. The van der Waals surface area contributed by atoms with Crippen molar-refractivity contribution in [3.8, 4) is 0 Å². The van der Waals surface area contributed by atoms with Crippen LogP contribution in [0, 0.1) is 0 Å². The minimum absolute atomic E-state index is 0.939. The zero-order valence-corrected chi connectivity index (χ0v) is 20.5. The van der Waals surface area contributed by atoms with E-state index in [4.69, 9.17) is 0 Å². The van der Waals surface area contributed by atoms with Crippen molar-refractivity contribution in [2.24, 2.45) is 0 Å². The van der Waals surface area contributed by atoms with E-state index in [0.29, 0.717) is 0 Å². The number of aromatic nitrogens is 4. The molecule has 0 amide bonds. The molecule has 0 saturated carbocycles. The summed E-state index contributed by atoms with van der Waals surface area (Å²) in [6, 6.07) is 16.4. The summed E-state index contributed by atoms with van der Waals surface area (Å²) < 4.78 is 0. The first-order valence-electron chi connectivity index (χ1n) is 12.8. The lowest BCUT2D eigenvalue weighted by molar-refractivity contribution is 0.354. The van der Waals surface area contributed by atoms with Crippen molar-refractivity contribution in [2.45, 2.75) is 38.5 Å². The van der Waals surface area contributed by atoms with Gasteiger partial charge in [-0.2, -0.15) is 11.1 Å². The molecule has 0 aliphatic carbocycles. The molecule has 6 N–H and O–H groups in total. The van der Waals surface area contributed by atoms with Gasteiger partial charge >= 0.3 is 0 Å². The maximum absolute atomic E-state index is 4.63. The number of nitrogens with zero attached hydrogens (tertiary/aromatic N) is 2. The van der Waals surface area contributed by atoms with Gasteiger partial charge in [0.2, 0.25) is 0 Å². The summed E-state index contributed by atoms with van der Waals surface area (Å²) in [7, 11) is 0. The lowest BCUT2D eigenvalue weighted by atomic mass is 10.1. The molecule has 3 aliphatic heterocycles. The van der Waals surface area contributed by atoms with Gasteiger partial charge in [-0.1, -0.05) is 25.7 Å². The summed E-state index contributed by atoms with van der Waals surface area (Å²) in [5, 5.41) is 0. The minimum Gasteiger partial charge on any atom is -0.355 e. The fourth-order valence-corrected chi connectivity index (χ4v) is 4.29. The summed E-state index contributed by atoms with van der Waals surface area (Å²) in [5.41, 5.74) is 19.8. The minimum atomic E-state index is 0.939. The molecule has 1 saturated heterocycles. The third-order valence-corrected chi connectivity index (χ3v) is 6.13. The lowest BCUT2D eigenvalue weighted by Crippen LogP contribution is -2.51. The van der Waals surface area contributed by atoms with Gasteiger partial charge < -0.3 is 9.97 Å². The van der Waals surface area contributed by atoms with E-state index in [2.05, 4.69) is 66.1 Å². The Bertz CT molecular complexity index is 1150. The topological polar surface area (TPSA) is 105 Å². The fraction of sp³-hybridized carbons (Fsp3) is 0.286. The summed E-state index contributed by atoms with van der Waals surface area (Å²) in [5.74, 6) is 0. The Kier molecular flexibility index (Phi) is 8.33. The molecule has 0 spiro atoms. The quantitative estimate of drug-likeness (QED) is 0.183. The second-order valence-electron chi connectivity index (χ2n) is 9.13. The van der Waals surface area contributed by atoms with Crippen molar-refractivity contribution >= 4 is 46.4 Å². The molecule has 8 nitrogen and oxygen atoms in total. The van der Waals surface area contributed by atoms with Gasteiger partial charge in [0, 0.05) is 35.2 Å². The van der Waals surface area contributed by atoms with Crippen molar-refractivity contribution in [1.29, 1.82) is 0 Å². The monoisotopic (exact) mass is 482 g/mol. The first-order valence-corrected chi connectivity index (χ1v) is 12.8. The standard InChI is InChI=1S/C20H14N4.C8H20N4/c1-2-14-10-16-5-6-18(23-16)12-20-8-7-19(24-20)11-17-4-3-15(22-17)9-13(1)21-14;1-2-4-6-8-10-12-11-9-7-5-3-1/h1-12,21,24H;9-12H,1-8H2. The molecule has 8 bridgehead atoms. The van der Waals surface area contributed by atoms with Crippen molar-refractivity contribution < 1.29 is 0 Å². The van der Waals surface area contributed by atoms with Gasteiger partial charge in [-0.25, -0.2) is 20.8 Å². The Morgan fingerprint density at radius 1 is 0.444 bits per heavy atom. The number of hydrogen-bond acceptors (Lipinski definition) is 6. The van der Waals surface area contributed by atoms with Crippen molar-refractivity contribution in [3.05, 3.63) is 71.3 Å². The average molecular weight is 483 g/mol. The van der Waals surface area contributed by atoms with Gasteiger partial charge in [0.1, 0.15) is 0 Å². The Morgan fingerprint density at radius 3 is 1.14 bits per heavy atom. The molecule has 186 valence electrons. The van der Waals surface area contributed by atoms with E-state index in [-0.39, 0.29) is 0 Å². The lowest BCUT2D eigenvalue weighted by Gasteiger charge is -2.11. The van der Waals surface area contributed by atoms with E-state index in [1.165, 1.54) is 38.5 Å². The summed E-state index contributed by atoms with van der Waals surface area (Å²) in [6.45, 7) is 2.07. The molecule has 0 radical (unpaired) electrons. The van der Waals surface area contributed by atoms with Gasteiger partial charge in [0.15, 0.2) is 0 Å². The molecule has 1 fully saturated rings. The van der Waals surface area contributed by atoms with Gasteiger partial charge in [-0.05, 0) is 85.7 Å². The first-order chi connectivity index (χ1) is 17.8. The molecule has 3 aliphatic rings. The number of nitrogens with one attached hydrogen (secondary N) is 6. The Morgan fingerprint density at radius 2 is 0.778 bits per heavy atom. The second kappa shape index (κ2) is 12.4. The summed E-state index contributed by atoms with van der Waals surface area (Å²) in [6.07, 6.45) is 16.1. The van der Waals surface area contributed by atoms with Crippen LogP contribution in [0.15, 0.2) is 48.5 Å². The van der Waals surface area contributed by atoms with Crippen LogP contribution in [0.2, 0.25) is 0 Å². The summed E-state index contributed by atoms with van der Waals surface area (Å²) in [4.78, 5) is 16.0. The fourth-order valence-electron chi connectivity index (χ4n) is 4.29. The molecule has 0 unspecified atom stereocenters. The highest BCUT2D eigenvalue weighted by atomic mass is 15.7. The largest absolute Gasteiger partial charge is 0.355 e. The molecule has 8 heteroatoms. The Hall–Kier alpha value is -3.56. The van der Waals surface area contributed by atoms with Crippen LogP contribution in [-0.4, -0.2) is 33.0 Å². The number of fused-ring (bicyclic) bond motifs is 8. The van der Waals surface area contributed by atoms with E-state index < -0.39 is 0 Å². The van der Waals surface area contributed by atoms with Gasteiger partial charge in [0.05, 0.1) is 22.8 Å².